The molecule has 9 nitrogen and oxygen atoms in total. The molecular weight excluding hydrogens is 661 g/mol. The molecule has 4 fully saturated rings. The van der Waals surface area contributed by atoms with Crippen molar-refractivity contribution in [3.63, 3.8) is 0 Å². The number of nitrogens with zero attached hydrogens (tertiary/aromatic N) is 3. The maximum Gasteiger partial charge on any atom is 0.430 e. The summed E-state index contributed by atoms with van der Waals surface area (Å²) < 4.78 is 32.8. The number of unbranched alkanes of at least 4 members (excludes halogenated alkanes) is 2. The van der Waals surface area contributed by atoms with E-state index in [0.29, 0.717) is 25.8 Å². The standard InChI is InChI=1S/C37H46N4O3.C2HF3O2/c42-34(30-10-4-1-5-11-30)20-19-33-36(31-12-6-2-7-13-31)40(37(33)44)32-17-15-29(16-18-32)28-38-35(43)14-8-3-9-24-41-25-21-39(22-26-41)23-27-41;3-2(4,5)1(6)7/h1-2,4-7,10-13,15-18,33-34,36,42H,3,8-9,14,19-28H2;(H,6,7). The summed E-state index contributed by atoms with van der Waals surface area (Å²) in [5.74, 6) is -2.99. The van der Waals surface area contributed by atoms with Crippen LogP contribution in [0.2, 0.25) is 0 Å². The third kappa shape index (κ3) is 10.2. The highest BCUT2D eigenvalue weighted by molar-refractivity contribution is 6.03. The Morgan fingerprint density at radius 3 is 2.06 bits per heavy atom. The number of halogens is 3. The minimum atomic E-state index is -5.19. The van der Waals surface area contributed by atoms with Gasteiger partial charge >= 0.3 is 6.18 Å². The molecule has 2 N–H and O–H groups in total. The Bertz CT molecular complexity index is 1570. The number of alkyl halides is 3. The van der Waals surface area contributed by atoms with Crippen molar-refractivity contribution in [3.8, 4) is 0 Å². The van der Waals surface area contributed by atoms with Crippen LogP contribution in [0.25, 0.3) is 0 Å². The molecule has 0 aromatic heterocycles. The lowest BCUT2D eigenvalue weighted by Gasteiger charge is -2.50. The molecule has 274 valence electrons. The first kappa shape index (κ1) is 38.0. The minimum absolute atomic E-state index is 0.0680. The van der Waals surface area contributed by atoms with E-state index in [0.717, 1.165) is 35.2 Å². The number of β-lactam (4-membered cyclic amide) rings is 1. The maximum atomic E-state index is 13.5. The number of quaternary nitrogens is 1. The summed E-state index contributed by atoms with van der Waals surface area (Å²) >= 11 is 0. The summed E-state index contributed by atoms with van der Waals surface area (Å²) in [6, 6.07) is 27.7. The molecule has 3 unspecified atom stereocenters. The molecule has 3 aromatic carbocycles. The number of nitrogens with one attached hydrogen (secondary N) is 1. The van der Waals surface area contributed by atoms with E-state index >= 15 is 0 Å². The highest BCUT2D eigenvalue weighted by Crippen LogP contribution is 2.46. The van der Waals surface area contributed by atoms with E-state index in [1.54, 1.807) is 0 Å². The number of carboxylic acids is 1. The molecule has 0 aliphatic carbocycles. The number of hydrogen-bond donors (Lipinski definition) is 2. The lowest BCUT2D eigenvalue weighted by atomic mass is 9.78. The molecule has 0 spiro atoms. The highest BCUT2D eigenvalue weighted by Gasteiger charge is 2.48. The molecule has 51 heavy (non-hydrogen) atoms. The van der Waals surface area contributed by atoms with Gasteiger partial charge in [-0.05, 0) is 60.9 Å². The van der Waals surface area contributed by atoms with Crippen LogP contribution in [-0.2, 0) is 20.9 Å². The second-order valence-electron chi connectivity index (χ2n) is 13.8. The number of carbonyl (C=O) groups excluding carboxylic acids is 3. The number of carbonyl (C=O) groups is 3. The Labute approximate surface area is 297 Å². The summed E-state index contributed by atoms with van der Waals surface area (Å²) in [5.41, 5.74) is 3.87. The Morgan fingerprint density at radius 2 is 1.47 bits per heavy atom. The molecule has 4 aliphatic heterocycles. The molecule has 4 saturated heterocycles. The topological polar surface area (TPSA) is 113 Å². The predicted octanol–water partition coefficient (Wildman–Crippen LogP) is 4.53. The molecule has 3 aromatic rings. The van der Waals surface area contributed by atoms with E-state index in [4.69, 9.17) is 9.90 Å². The number of amides is 2. The van der Waals surface area contributed by atoms with Crippen LogP contribution < -0.4 is 15.3 Å². The number of piperazine rings is 3. The van der Waals surface area contributed by atoms with Crippen LogP contribution in [-0.4, -0.2) is 84.3 Å². The molecule has 0 saturated carbocycles. The SMILES string of the molecule is O=C(CCCCC[N+]12CCN(CC1)CC2)NCc1ccc(N2C(=O)C(CCC(O)c3ccccc3)C2c2ccccc2)cc1.O=C([O-])C(F)(F)F. The summed E-state index contributed by atoms with van der Waals surface area (Å²) in [5, 5.41) is 22.6. The first-order valence-electron chi connectivity index (χ1n) is 17.8. The quantitative estimate of drug-likeness (QED) is 0.145. The number of aliphatic carboxylic acids is 1. The van der Waals surface area contributed by atoms with Crippen molar-refractivity contribution in [3.05, 3.63) is 102 Å². The van der Waals surface area contributed by atoms with Crippen LogP contribution in [0.5, 0.6) is 0 Å². The number of carboxylic acid groups (broad SMARTS) is 1. The van der Waals surface area contributed by atoms with Gasteiger partial charge in [-0.3, -0.25) is 14.5 Å². The van der Waals surface area contributed by atoms with Gasteiger partial charge < -0.3 is 29.7 Å². The van der Waals surface area contributed by atoms with Crippen molar-refractivity contribution >= 4 is 23.5 Å². The summed E-state index contributed by atoms with van der Waals surface area (Å²) in [6.45, 7) is 9.44. The Kier molecular flexibility index (Phi) is 12.9. The average Bonchev–Trinajstić information content (AvgIpc) is 3.14. The Hall–Kier alpha value is -4.26. The number of aliphatic hydroxyl groups is 1. The van der Waals surface area contributed by atoms with Crippen molar-refractivity contribution in [1.82, 2.24) is 10.2 Å². The number of fused-ring (bicyclic) bond motifs is 3. The van der Waals surface area contributed by atoms with Crippen LogP contribution in [0.15, 0.2) is 84.9 Å². The van der Waals surface area contributed by atoms with Crippen molar-refractivity contribution in [2.45, 2.75) is 63.4 Å². The lowest BCUT2D eigenvalue weighted by Crippen LogP contribution is -2.67. The van der Waals surface area contributed by atoms with Crippen LogP contribution in [0.3, 0.4) is 0 Å². The van der Waals surface area contributed by atoms with Gasteiger partial charge in [0.15, 0.2) is 0 Å². The van der Waals surface area contributed by atoms with Crippen molar-refractivity contribution in [2.75, 3.05) is 50.7 Å². The lowest BCUT2D eigenvalue weighted by molar-refractivity contribution is -0.941. The van der Waals surface area contributed by atoms with Crippen molar-refractivity contribution < 1.29 is 42.3 Å². The van der Waals surface area contributed by atoms with Crippen LogP contribution >= 0.6 is 0 Å². The van der Waals surface area contributed by atoms with Gasteiger partial charge in [-0.1, -0.05) is 72.8 Å². The Balaban J connectivity index is 0.000000654. The molecule has 2 amide bonds. The molecule has 3 atom stereocenters. The highest BCUT2D eigenvalue weighted by atomic mass is 19.4. The van der Waals surface area contributed by atoms with Gasteiger partial charge in [0.25, 0.3) is 0 Å². The van der Waals surface area contributed by atoms with Gasteiger partial charge in [-0.2, -0.15) is 13.2 Å². The Morgan fingerprint density at radius 1 is 0.882 bits per heavy atom. The molecule has 0 radical (unpaired) electrons. The predicted molar refractivity (Wildman–Crippen MR) is 185 cm³/mol. The first-order chi connectivity index (χ1) is 24.5. The number of benzene rings is 3. The summed E-state index contributed by atoms with van der Waals surface area (Å²) in [7, 11) is 0. The van der Waals surface area contributed by atoms with E-state index in [-0.39, 0.29) is 23.8 Å². The summed E-state index contributed by atoms with van der Waals surface area (Å²) in [4.78, 5) is 39.2. The third-order valence-electron chi connectivity index (χ3n) is 10.4. The van der Waals surface area contributed by atoms with Crippen LogP contribution in [0.1, 0.15) is 67.4 Å². The van der Waals surface area contributed by atoms with E-state index in [9.17, 15) is 27.9 Å². The maximum absolute atomic E-state index is 13.5. The molecule has 12 heteroatoms. The molecular formula is C39H47F3N4O5. The van der Waals surface area contributed by atoms with Crippen LogP contribution in [0.4, 0.5) is 18.9 Å². The molecule has 7 rings (SSSR count). The van der Waals surface area contributed by atoms with Gasteiger partial charge in [0.1, 0.15) is 5.97 Å². The smallest absolute Gasteiger partial charge is 0.430 e. The van der Waals surface area contributed by atoms with Gasteiger partial charge in [0, 0.05) is 38.3 Å². The fourth-order valence-corrected chi connectivity index (χ4v) is 7.37. The second kappa shape index (κ2) is 17.3. The van der Waals surface area contributed by atoms with Gasteiger partial charge in [-0.15, -0.1) is 0 Å². The van der Waals surface area contributed by atoms with E-state index in [1.165, 1.54) is 56.7 Å². The fourth-order valence-electron chi connectivity index (χ4n) is 7.37. The number of aliphatic hydroxyl groups excluding tert-OH is 1. The number of anilines is 1. The van der Waals surface area contributed by atoms with E-state index in [1.807, 2.05) is 77.7 Å². The number of rotatable bonds is 14. The molecule has 2 bridgehead atoms. The molecule has 4 heterocycles. The second-order valence-corrected chi connectivity index (χ2v) is 13.8. The number of hydrogen-bond acceptors (Lipinski definition) is 6. The van der Waals surface area contributed by atoms with Crippen LogP contribution in [0, 0.1) is 5.92 Å². The van der Waals surface area contributed by atoms with Gasteiger partial charge in [0.2, 0.25) is 11.8 Å². The normalized spacial score (nSPS) is 23.1. The summed E-state index contributed by atoms with van der Waals surface area (Å²) in [6.07, 6.45) is -0.778. The largest absolute Gasteiger partial charge is 0.542 e. The third-order valence-corrected chi connectivity index (χ3v) is 10.4. The van der Waals surface area contributed by atoms with E-state index in [2.05, 4.69) is 22.3 Å². The monoisotopic (exact) mass is 708 g/mol. The molecule has 4 aliphatic rings. The first-order valence-corrected chi connectivity index (χ1v) is 17.8. The zero-order valence-corrected chi connectivity index (χ0v) is 28.8. The fraction of sp³-hybridized carbons (Fsp3) is 0.462. The van der Waals surface area contributed by atoms with Crippen molar-refractivity contribution in [2.24, 2.45) is 5.92 Å². The zero-order valence-electron chi connectivity index (χ0n) is 28.8. The van der Waals surface area contributed by atoms with E-state index < -0.39 is 18.2 Å². The van der Waals surface area contributed by atoms with Crippen molar-refractivity contribution in [1.29, 1.82) is 0 Å². The average molecular weight is 709 g/mol. The minimum Gasteiger partial charge on any atom is -0.542 e. The zero-order chi connectivity index (χ0) is 36.4. The van der Waals surface area contributed by atoms with Gasteiger partial charge in [-0.25, -0.2) is 0 Å². The van der Waals surface area contributed by atoms with Gasteiger partial charge in [0.05, 0.1) is 44.2 Å².